The third kappa shape index (κ3) is 4.46. The molecule has 154 valence electrons. The minimum absolute atomic E-state index is 0.0972. The normalized spacial score (nSPS) is 17.6. The highest BCUT2D eigenvalue weighted by Crippen LogP contribution is 2.29. The molecule has 4 rings (SSSR count). The first-order valence-electron chi connectivity index (χ1n) is 8.69. The number of hydrogen-bond donors (Lipinski definition) is 2. The second-order valence-electron chi connectivity index (χ2n) is 6.48. The van der Waals surface area contributed by atoms with E-state index in [1.807, 2.05) is 0 Å². The van der Waals surface area contributed by atoms with Gasteiger partial charge in [0.15, 0.2) is 0 Å². The van der Waals surface area contributed by atoms with Crippen LogP contribution in [0.1, 0.15) is 24.8 Å². The number of hydrogen-bond acceptors (Lipinski definition) is 5. The van der Waals surface area contributed by atoms with Crippen LogP contribution in [-0.2, 0) is 14.8 Å². The van der Waals surface area contributed by atoms with Crippen molar-refractivity contribution >= 4 is 26.7 Å². The number of fused-ring (bicyclic) bond motifs is 1. The van der Waals surface area contributed by atoms with Crippen molar-refractivity contribution in [1.29, 1.82) is 0 Å². The Labute approximate surface area is 163 Å². The van der Waals surface area contributed by atoms with E-state index in [4.69, 9.17) is 4.74 Å². The molecule has 11 heteroatoms. The smallest absolute Gasteiger partial charge is 0.406 e. The van der Waals surface area contributed by atoms with Crippen LogP contribution in [0.5, 0.6) is 5.75 Å². The van der Waals surface area contributed by atoms with Gasteiger partial charge in [-0.2, -0.15) is 0 Å². The molecule has 0 spiro atoms. The maximum absolute atomic E-state index is 12.5. The molecule has 2 heterocycles. The van der Waals surface area contributed by atoms with Gasteiger partial charge in [-0.25, -0.2) is 13.4 Å². The Hall–Kier alpha value is -2.79. The number of nitrogens with zero attached hydrogens (tertiary/aromatic N) is 1. The largest absolute Gasteiger partial charge is 0.573 e. The third-order valence-corrected chi connectivity index (χ3v) is 5.75. The Morgan fingerprint density at radius 1 is 1.17 bits per heavy atom. The van der Waals surface area contributed by atoms with Crippen molar-refractivity contribution in [2.24, 2.45) is 0 Å². The van der Waals surface area contributed by atoms with E-state index >= 15 is 0 Å². The maximum Gasteiger partial charge on any atom is 0.573 e. The summed E-state index contributed by atoms with van der Waals surface area (Å²) in [6.45, 7) is 0.680. The second-order valence-corrected chi connectivity index (χ2v) is 8.16. The first-order valence-corrected chi connectivity index (χ1v) is 10.2. The maximum atomic E-state index is 12.5. The van der Waals surface area contributed by atoms with Crippen molar-refractivity contribution in [2.45, 2.75) is 30.2 Å². The lowest BCUT2D eigenvalue weighted by Gasteiger charge is -2.11. The zero-order valence-electron chi connectivity index (χ0n) is 14.9. The highest BCUT2D eigenvalue weighted by molar-refractivity contribution is 7.92. The molecule has 1 saturated heterocycles. The summed E-state index contributed by atoms with van der Waals surface area (Å²) in [4.78, 5) is 7.41. The van der Waals surface area contributed by atoms with Crippen molar-refractivity contribution in [3.05, 3.63) is 48.3 Å². The number of anilines is 1. The molecular formula is C18H16F3N3O4S. The molecule has 2 aromatic carbocycles. The molecule has 0 amide bonds. The van der Waals surface area contributed by atoms with E-state index in [9.17, 15) is 21.6 Å². The van der Waals surface area contributed by atoms with Crippen molar-refractivity contribution in [1.82, 2.24) is 9.97 Å². The molecule has 1 unspecified atom stereocenters. The SMILES string of the molecule is O=S(=O)(Nc1ccc2nc(C3CCCO3)[nH]c2c1)c1ccc(OC(F)(F)F)cc1. The van der Waals surface area contributed by atoms with Crippen LogP contribution in [0.3, 0.4) is 0 Å². The highest BCUT2D eigenvalue weighted by atomic mass is 32.2. The molecule has 0 saturated carbocycles. The van der Waals surface area contributed by atoms with Gasteiger partial charge in [0.25, 0.3) is 10.0 Å². The molecule has 29 heavy (non-hydrogen) atoms. The van der Waals surface area contributed by atoms with Crippen molar-refractivity contribution in [3.8, 4) is 5.75 Å². The van der Waals surface area contributed by atoms with Crippen molar-refractivity contribution in [2.75, 3.05) is 11.3 Å². The summed E-state index contributed by atoms with van der Waals surface area (Å²) in [5, 5.41) is 0. The van der Waals surface area contributed by atoms with Crippen LogP contribution in [0.4, 0.5) is 18.9 Å². The number of halogens is 3. The van der Waals surface area contributed by atoms with Crippen LogP contribution in [0, 0.1) is 0 Å². The van der Waals surface area contributed by atoms with Gasteiger partial charge in [-0.15, -0.1) is 13.2 Å². The first-order chi connectivity index (χ1) is 13.7. The van der Waals surface area contributed by atoms with E-state index in [0.717, 1.165) is 37.1 Å². The van der Waals surface area contributed by atoms with Gasteiger partial charge in [0.1, 0.15) is 17.7 Å². The van der Waals surface area contributed by atoms with Crippen LogP contribution in [-0.4, -0.2) is 31.4 Å². The Morgan fingerprint density at radius 3 is 2.59 bits per heavy atom. The number of imidazole rings is 1. The molecule has 0 bridgehead atoms. The molecule has 1 aromatic heterocycles. The quantitative estimate of drug-likeness (QED) is 0.639. The molecule has 3 aromatic rings. The molecule has 1 aliphatic rings. The van der Waals surface area contributed by atoms with Gasteiger partial charge in [0.05, 0.1) is 21.6 Å². The summed E-state index contributed by atoms with van der Waals surface area (Å²) in [6, 6.07) is 8.77. The summed E-state index contributed by atoms with van der Waals surface area (Å²) in [7, 11) is -4.00. The van der Waals surface area contributed by atoms with Gasteiger partial charge < -0.3 is 14.5 Å². The average molecular weight is 427 g/mol. The highest BCUT2D eigenvalue weighted by Gasteiger charge is 2.31. The number of aromatic nitrogens is 2. The molecular weight excluding hydrogens is 411 g/mol. The average Bonchev–Trinajstić information content (AvgIpc) is 3.29. The molecule has 0 radical (unpaired) electrons. The number of alkyl halides is 3. The predicted molar refractivity (Wildman–Crippen MR) is 98.0 cm³/mol. The molecule has 1 fully saturated rings. The minimum Gasteiger partial charge on any atom is -0.406 e. The number of benzene rings is 2. The standard InChI is InChI=1S/C18H16F3N3O4S/c19-18(20,21)28-12-4-6-13(7-5-12)29(25,26)24-11-3-8-14-15(10-11)23-17(22-14)16-2-1-9-27-16/h3-8,10,16,24H,1-2,9H2,(H,22,23). The fourth-order valence-corrected chi connectivity index (χ4v) is 4.12. The summed E-state index contributed by atoms with van der Waals surface area (Å²) in [5.74, 6) is 0.190. The van der Waals surface area contributed by atoms with Gasteiger partial charge in [-0.3, -0.25) is 4.72 Å². The number of sulfonamides is 1. The van der Waals surface area contributed by atoms with Gasteiger partial charge >= 0.3 is 6.36 Å². The molecule has 7 nitrogen and oxygen atoms in total. The van der Waals surface area contributed by atoms with E-state index in [-0.39, 0.29) is 16.7 Å². The third-order valence-electron chi connectivity index (χ3n) is 4.35. The van der Waals surface area contributed by atoms with E-state index in [0.29, 0.717) is 23.5 Å². The molecule has 1 atom stereocenters. The van der Waals surface area contributed by atoms with E-state index in [1.165, 1.54) is 0 Å². The summed E-state index contributed by atoms with van der Waals surface area (Å²) in [5.41, 5.74) is 1.60. The number of H-pyrrole nitrogens is 1. The Morgan fingerprint density at radius 2 is 1.93 bits per heavy atom. The lowest BCUT2D eigenvalue weighted by atomic mass is 10.2. The topological polar surface area (TPSA) is 93.3 Å². The van der Waals surface area contributed by atoms with Crippen LogP contribution in [0.2, 0.25) is 0 Å². The fourth-order valence-electron chi connectivity index (χ4n) is 3.07. The van der Waals surface area contributed by atoms with Crippen LogP contribution in [0.15, 0.2) is 47.4 Å². The lowest BCUT2D eigenvalue weighted by molar-refractivity contribution is -0.274. The van der Waals surface area contributed by atoms with Gasteiger partial charge in [0.2, 0.25) is 0 Å². The van der Waals surface area contributed by atoms with Crippen LogP contribution >= 0.6 is 0 Å². The Bertz CT molecular complexity index is 1120. The zero-order chi connectivity index (χ0) is 20.6. The molecule has 2 N–H and O–H groups in total. The van der Waals surface area contributed by atoms with Gasteiger partial charge in [-0.1, -0.05) is 0 Å². The number of ether oxygens (including phenoxy) is 2. The van der Waals surface area contributed by atoms with Crippen LogP contribution in [0.25, 0.3) is 11.0 Å². The summed E-state index contributed by atoms with van der Waals surface area (Å²) in [6.07, 6.45) is -3.12. The molecule has 0 aliphatic carbocycles. The number of nitrogens with one attached hydrogen (secondary N) is 2. The van der Waals surface area contributed by atoms with Gasteiger partial charge in [0, 0.05) is 6.61 Å². The van der Waals surface area contributed by atoms with Crippen molar-refractivity contribution in [3.63, 3.8) is 0 Å². The Balaban J connectivity index is 1.53. The minimum atomic E-state index is -4.85. The summed E-state index contributed by atoms with van der Waals surface area (Å²) < 4.78 is 73.5. The number of rotatable bonds is 5. The summed E-state index contributed by atoms with van der Waals surface area (Å²) >= 11 is 0. The second kappa shape index (κ2) is 7.23. The lowest BCUT2D eigenvalue weighted by Crippen LogP contribution is -2.17. The van der Waals surface area contributed by atoms with Crippen LogP contribution < -0.4 is 9.46 Å². The Kier molecular flexibility index (Phi) is 4.87. The van der Waals surface area contributed by atoms with E-state index in [2.05, 4.69) is 19.4 Å². The fraction of sp³-hybridized carbons (Fsp3) is 0.278. The monoisotopic (exact) mass is 427 g/mol. The predicted octanol–water partition coefficient (Wildman–Crippen LogP) is 4.11. The zero-order valence-corrected chi connectivity index (χ0v) is 15.7. The molecule has 1 aliphatic heterocycles. The van der Waals surface area contributed by atoms with E-state index in [1.54, 1.807) is 18.2 Å². The first kappa shape index (κ1) is 19.5. The van der Waals surface area contributed by atoms with Gasteiger partial charge in [-0.05, 0) is 55.3 Å². The van der Waals surface area contributed by atoms with E-state index < -0.39 is 22.1 Å². The van der Waals surface area contributed by atoms with Crippen molar-refractivity contribution < 1.29 is 31.1 Å². The number of aromatic amines is 1.